The molecule has 270 valence electrons. The van der Waals surface area contributed by atoms with Gasteiger partial charge in [0.1, 0.15) is 41.9 Å². The van der Waals surface area contributed by atoms with Crippen LogP contribution >= 0.6 is 0 Å². The number of hydrogen-bond donors (Lipinski definition) is 3. The Morgan fingerprint density at radius 3 is 2.62 bits per heavy atom. The third kappa shape index (κ3) is 9.30. The summed E-state index contributed by atoms with van der Waals surface area (Å²) in [5.41, 5.74) is 4.84. The topological polar surface area (TPSA) is 105 Å². The van der Waals surface area contributed by atoms with Crippen molar-refractivity contribution in [2.45, 2.75) is 83.8 Å². The number of carbonyl (C=O) groups is 1. The van der Waals surface area contributed by atoms with Crippen LogP contribution in [0.1, 0.15) is 73.3 Å². The molecule has 1 aliphatic carbocycles. The number of phenolic OH excluding ortho intramolecular Hbond substituents is 2. The Bertz CT molecular complexity index is 2010. The SMILES string of the molecule is CCc1cc(O)c2c3ccc(cc13)COc1cc(ccc1OC)CCC(=O)CC(CC1C=C(O)C=CC1CCCCc1cccc(O)c1)OC#CC2. The average Bonchev–Trinajstić information content (AvgIpc) is 3.14. The molecule has 3 aliphatic rings. The molecule has 0 saturated heterocycles. The van der Waals surface area contributed by atoms with Crippen molar-refractivity contribution < 1.29 is 34.3 Å². The summed E-state index contributed by atoms with van der Waals surface area (Å²) in [5, 5.41) is 33.4. The zero-order chi connectivity index (χ0) is 36.5. The van der Waals surface area contributed by atoms with Crippen LogP contribution in [0.25, 0.3) is 10.8 Å². The molecule has 4 aromatic carbocycles. The molecule has 0 spiro atoms. The Hall–Kier alpha value is -5.35. The van der Waals surface area contributed by atoms with Crippen molar-refractivity contribution in [2.75, 3.05) is 7.11 Å². The van der Waals surface area contributed by atoms with Gasteiger partial charge in [-0.2, -0.15) is 0 Å². The van der Waals surface area contributed by atoms with Gasteiger partial charge in [0.25, 0.3) is 0 Å². The summed E-state index contributed by atoms with van der Waals surface area (Å²) in [6.07, 6.45) is 14.5. The van der Waals surface area contributed by atoms with E-state index in [9.17, 15) is 20.1 Å². The van der Waals surface area contributed by atoms with Crippen LogP contribution in [0.15, 0.2) is 90.7 Å². The first kappa shape index (κ1) is 36.4. The van der Waals surface area contributed by atoms with Gasteiger partial charge in [-0.15, -0.1) is 0 Å². The quantitative estimate of drug-likeness (QED) is 0.118. The summed E-state index contributed by atoms with van der Waals surface area (Å²) < 4.78 is 18.1. The number of benzene rings is 4. The number of phenols is 2. The fourth-order valence-electron chi connectivity index (χ4n) is 7.41. The van der Waals surface area contributed by atoms with Gasteiger partial charge in [0.05, 0.1) is 7.11 Å². The summed E-state index contributed by atoms with van der Waals surface area (Å²) >= 11 is 0. The van der Waals surface area contributed by atoms with Crippen LogP contribution in [0, 0.1) is 23.9 Å². The molecule has 3 unspecified atom stereocenters. The molecule has 3 N–H and O–H groups in total. The molecule has 0 amide bonds. The average molecular weight is 701 g/mol. The zero-order valence-corrected chi connectivity index (χ0v) is 30.1. The lowest BCUT2D eigenvalue weighted by Crippen LogP contribution is -2.24. The van der Waals surface area contributed by atoms with Crippen LogP contribution in [0.2, 0.25) is 0 Å². The van der Waals surface area contributed by atoms with Gasteiger partial charge in [0, 0.05) is 24.8 Å². The van der Waals surface area contributed by atoms with Crippen molar-refractivity contribution in [3.05, 3.63) is 119 Å². The molecule has 6 bridgehead atoms. The number of hydrogen-bond acceptors (Lipinski definition) is 7. The molecule has 0 radical (unpaired) electrons. The first-order chi connectivity index (χ1) is 25.3. The minimum Gasteiger partial charge on any atom is -0.508 e. The lowest BCUT2D eigenvalue weighted by atomic mass is 9.80. The summed E-state index contributed by atoms with van der Waals surface area (Å²) in [6.45, 7) is 2.41. The minimum absolute atomic E-state index is 0.0305. The fourth-order valence-corrected chi connectivity index (χ4v) is 7.41. The maximum atomic E-state index is 13.5. The van der Waals surface area contributed by atoms with E-state index in [0.717, 1.165) is 70.7 Å². The monoisotopic (exact) mass is 700 g/mol. The van der Waals surface area contributed by atoms with Gasteiger partial charge in [-0.3, -0.25) is 4.79 Å². The van der Waals surface area contributed by atoms with E-state index in [1.165, 1.54) is 0 Å². The lowest BCUT2D eigenvalue weighted by molar-refractivity contribution is -0.121. The highest BCUT2D eigenvalue weighted by Gasteiger charge is 2.27. The number of Topliss-reactive ketones (excluding diaryl/α,β-unsaturated/α-hetero) is 1. The predicted molar refractivity (Wildman–Crippen MR) is 204 cm³/mol. The second-order valence-electron chi connectivity index (χ2n) is 13.9. The van der Waals surface area contributed by atoms with Crippen LogP contribution in [-0.4, -0.2) is 34.3 Å². The van der Waals surface area contributed by atoms with Crippen LogP contribution in [-0.2, 0) is 41.8 Å². The van der Waals surface area contributed by atoms with Gasteiger partial charge in [-0.05, 0) is 132 Å². The predicted octanol–water partition coefficient (Wildman–Crippen LogP) is 9.24. The number of aromatic hydroxyl groups is 2. The molecule has 52 heavy (non-hydrogen) atoms. The Kier molecular flexibility index (Phi) is 12.1. The molecule has 7 heteroatoms. The Morgan fingerprint density at radius 2 is 1.79 bits per heavy atom. The van der Waals surface area contributed by atoms with Crippen LogP contribution in [0.5, 0.6) is 23.0 Å². The largest absolute Gasteiger partial charge is 0.508 e. The van der Waals surface area contributed by atoms with Gasteiger partial charge >= 0.3 is 0 Å². The number of ketones is 1. The fraction of sp³-hybridized carbons (Fsp3) is 0.356. The van der Waals surface area contributed by atoms with E-state index < -0.39 is 6.10 Å². The van der Waals surface area contributed by atoms with Crippen molar-refractivity contribution in [3.63, 3.8) is 0 Å². The number of ether oxygens (including phenoxy) is 3. The number of carbonyl (C=O) groups excluding carboxylic acids is 1. The number of methoxy groups -OCH3 is 1. The first-order valence-corrected chi connectivity index (χ1v) is 18.4. The number of fused-ring (bicyclic) bond motifs is 9. The molecule has 0 saturated carbocycles. The summed E-state index contributed by atoms with van der Waals surface area (Å²) in [5.74, 6) is 5.27. The van der Waals surface area contributed by atoms with Crippen molar-refractivity contribution in [3.8, 4) is 35.0 Å². The van der Waals surface area contributed by atoms with Gasteiger partial charge in [0.15, 0.2) is 11.5 Å². The van der Waals surface area contributed by atoms with Crippen molar-refractivity contribution >= 4 is 16.6 Å². The second kappa shape index (κ2) is 17.2. The van der Waals surface area contributed by atoms with Crippen LogP contribution < -0.4 is 9.47 Å². The number of aliphatic hydroxyl groups is 1. The maximum absolute atomic E-state index is 13.5. The van der Waals surface area contributed by atoms with E-state index in [4.69, 9.17) is 14.2 Å². The molecule has 3 atom stereocenters. The molecule has 0 fully saturated rings. The van der Waals surface area contributed by atoms with E-state index in [1.54, 1.807) is 19.3 Å². The molecule has 7 rings (SSSR count). The summed E-state index contributed by atoms with van der Waals surface area (Å²) in [7, 11) is 1.62. The number of aryl methyl sites for hydroxylation is 3. The lowest BCUT2D eigenvalue weighted by Gasteiger charge is -2.28. The summed E-state index contributed by atoms with van der Waals surface area (Å²) in [6, 6.07) is 21.1. The third-order valence-electron chi connectivity index (χ3n) is 10.2. The van der Waals surface area contributed by atoms with Gasteiger partial charge in [0.2, 0.25) is 0 Å². The van der Waals surface area contributed by atoms with Crippen LogP contribution in [0.3, 0.4) is 0 Å². The highest BCUT2D eigenvalue weighted by molar-refractivity contribution is 5.91. The van der Waals surface area contributed by atoms with Crippen molar-refractivity contribution in [1.82, 2.24) is 0 Å². The first-order valence-electron chi connectivity index (χ1n) is 18.4. The van der Waals surface area contributed by atoms with Crippen LogP contribution in [0.4, 0.5) is 0 Å². The molecule has 2 heterocycles. The van der Waals surface area contributed by atoms with Crippen molar-refractivity contribution in [1.29, 1.82) is 0 Å². The normalized spacial score (nSPS) is 19.1. The molecule has 7 nitrogen and oxygen atoms in total. The highest BCUT2D eigenvalue weighted by Crippen LogP contribution is 2.35. The number of allylic oxidation sites excluding steroid dienone is 3. The van der Waals surface area contributed by atoms with E-state index in [2.05, 4.69) is 31.1 Å². The molecular weight excluding hydrogens is 652 g/mol. The number of aliphatic hydroxyl groups excluding tert-OH is 1. The Labute approximate surface area is 306 Å². The number of rotatable bonds is 9. The third-order valence-corrected chi connectivity index (χ3v) is 10.2. The number of unbranched alkanes of at least 4 members (excludes halogenated alkanes) is 1. The van der Waals surface area contributed by atoms with Crippen molar-refractivity contribution in [2.24, 2.45) is 11.8 Å². The molecule has 2 aliphatic heterocycles. The molecular formula is C45H48O7. The minimum atomic E-state index is -0.484. The maximum Gasteiger partial charge on any atom is 0.161 e. The Balaban J connectivity index is 1.24. The second-order valence-corrected chi connectivity index (χ2v) is 13.9. The smallest absolute Gasteiger partial charge is 0.161 e. The van der Waals surface area contributed by atoms with E-state index in [0.29, 0.717) is 37.4 Å². The van der Waals surface area contributed by atoms with Gasteiger partial charge < -0.3 is 29.5 Å². The standard InChI is InChI=1S/C45H48O7/c1-3-33-27-43(49)41-12-7-21-51-39(26-35-25-37(47)18-16-34(35)10-5-4-8-30-9-6-11-36(46)22-30)28-38(48)17-13-31-15-20-44(50-2)45(24-31)52-29-32-14-19-40(41)42(33)23-32/h6,9,11,14-16,18-20,22-25,27,34-35,39,46-47,49H,3-5,8,10,12-13,17,26,28-29H2,1-2H3. The molecule has 0 aromatic heterocycles. The van der Waals surface area contributed by atoms with E-state index >= 15 is 0 Å². The summed E-state index contributed by atoms with van der Waals surface area (Å²) in [4.78, 5) is 13.5. The Morgan fingerprint density at radius 1 is 0.923 bits per heavy atom. The van der Waals surface area contributed by atoms with E-state index in [1.807, 2.05) is 60.7 Å². The van der Waals surface area contributed by atoms with Gasteiger partial charge in [-0.1, -0.05) is 55.7 Å². The zero-order valence-electron chi connectivity index (χ0n) is 30.1. The molecule has 4 aromatic rings. The van der Waals surface area contributed by atoms with Gasteiger partial charge in [-0.25, -0.2) is 0 Å². The van der Waals surface area contributed by atoms with E-state index in [-0.39, 0.29) is 47.7 Å². The highest BCUT2D eigenvalue weighted by atomic mass is 16.5.